The predicted molar refractivity (Wildman–Crippen MR) is 73.0 cm³/mol. The van der Waals surface area contributed by atoms with Crippen molar-refractivity contribution in [3.05, 3.63) is 44.1 Å². The Labute approximate surface area is 114 Å². The molecule has 0 unspecified atom stereocenters. The molecule has 0 aliphatic carbocycles. The number of nitrogens with zero attached hydrogens (tertiary/aromatic N) is 3. The molecule has 3 aromatic rings. The van der Waals surface area contributed by atoms with Gasteiger partial charge in [-0.1, -0.05) is 39.4 Å². The molecule has 86 valence electrons. The first-order valence-electron chi connectivity index (χ1n) is 4.90. The molecule has 17 heavy (non-hydrogen) atoms. The van der Waals surface area contributed by atoms with Crippen molar-refractivity contribution < 1.29 is 0 Å². The van der Waals surface area contributed by atoms with Crippen molar-refractivity contribution in [1.82, 2.24) is 19.8 Å². The van der Waals surface area contributed by atoms with E-state index in [9.17, 15) is 0 Å². The maximum atomic E-state index is 5.06. The van der Waals surface area contributed by atoms with E-state index in [1.165, 1.54) is 5.56 Å². The van der Waals surface area contributed by atoms with Crippen molar-refractivity contribution in [2.45, 2.75) is 6.42 Å². The largest absolute Gasteiger partial charge is 0.249 e. The van der Waals surface area contributed by atoms with E-state index in [4.69, 9.17) is 12.2 Å². The summed E-state index contributed by atoms with van der Waals surface area (Å²) in [5.41, 5.74) is 1.22. The van der Waals surface area contributed by atoms with Gasteiger partial charge in [-0.2, -0.15) is 9.61 Å². The van der Waals surface area contributed by atoms with Gasteiger partial charge in [0.1, 0.15) is 5.01 Å². The second-order valence-electron chi connectivity index (χ2n) is 3.52. The smallest absolute Gasteiger partial charge is 0.233 e. The van der Waals surface area contributed by atoms with Gasteiger partial charge >= 0.3 is 0 Å². The number of halogens is 1. The summed E-state index contributed by atoms with van der Waals surface area (Å²) in [5.74, 6) is 0. The first kappa shape index (κ1) is 11.1. The van der Waals surface area contributed by atoms with E-state index >= 15 is 0 Å². The number of fused-ring (bicyclic) bond motifs is 1. The van der Waals surface area contributed by atoms with Crippen LogP contribution in [0.5, 0.6) is 0 Å². The van der Waals surface area contributed by atoms with E-state index in [1.807, 2.05) is 12.1 Å². The highest BCUT2D eigenvalue weighted by Crippen LogP contribution is 2.18. The van der Waals surface area contributed by atoms with Crippen LogP contribution in [0.3, 0.4) is 0 Å². The van der Waals surface area contributed by atoms with Crippen LogP contribution in [0.15, 0.2) is 28.7 Å². The van der Waals surface area contributed by atoms with E-state index in [1.54, 1.807) is 15.9 Å². The summed E-state index contributed by atoms with van der Waals surface area (Å²) in [5, 5.41) is 12.2. The zero-order valence-corrected chi connectivity index (χ0v) is 11.8. The van der Waals surface area contributed by atoms with Crippen molar-refractivity contribution in [3.63, 3.8) is 0 Å². The monoisotopic (exact) mass is 326 g/mol. The third-order valence-electron chi connectivity index (χ3n) is 2.31. The van der Waals surface area contributed by atoms with Gasteiger partial charge in [-0.3, -0.25) is 0 Å². The van der Waals surface area contributed by atoms with E-state index in [-0.39, 0.29) is 0 Å². The fourth-order valence-corrected chi connectivity index (χ4v) is 2.89. The normalized spacial score (nSPS) is 11.1. The minimum Gasteiger partial charge on any atom is -0.249 e. The van der Waals surface area contributed by atoms with Crippen molar-refractivity contribution in [2.24, 2.45) is 0 Å². The molecule has 0 bridgehead atoms. The second-order valence-corrected chi connectivity index (χ2v) is 5.87. The number of aromatic amines is 1. The van der Waals surface area contributed by atoms with Crippen LogP contribution >= 0.6 is 39.5 Å². The molecular formula is C10H7BrN4S2. The Morgan fingerprint density at radius 1 is 1.35 bits per heavy atom. The molecule has 0 saturated heterocycles. The Morgan fingerprint density at radius 3 is 2.82 bits per heavy atom. The van der Waals surface area contributed by atoms with Gasteiger partial charge in [-0.15, -0.1) is 5.10 Å². The highest BCUT2D eigenvalue weighted by atomic mass is 79.9. The summed E-state index contributed by atoms with van der Waals surface area (Å²) in [6, 6.07) is 8.21. The lowest BCUT2D eigenvalue weighted by atomic mass is 10.2. The summed E-state index contributed by atoms with van der Waals surface area (Å²) in [4.78, 5) is 0.808. The van der Waals surface area contributed by atoms with Crippen LogP contribution in [0, 0.1) is 4.77 Å². The van der Waals surface area contributed by atoms with Crippen LogP contribution < -0.4 is 0 Å². The van der Waals surface area contributed by atoms with Gasteiger partial charge in [0.15, 0.2) is 0 Å². The zero-order valence-electron chi connectivity index (χ0n) is 8.55. The summed E-state index contributed by atoms with van der Waals surface area (Å²) < 4.78 is 3.28. The number of hydrogen-bond acceptors (Lipinski definition) is 4. The van der Waals surface area contributed by atoms with Gasteiger partial charge < -0.3 is 0 Å². The summed E-state index contributed by atoms with van der Waals surface area (Å²) in [7, 11) is 0. The quantitative estimate of drug-likeness (QED) is 0.735. The Bertz CT molecular complexity index is 710. The van der Waals surface area contributed by atoms with Crippen molar-refractivity contribution in [3.8, 4) is 0 Å². The third-order valence-corrected chi connectivity index (χ3v) is 4.01. The molecule has 0 spiro atoms. The molecule has 7 heteroatoms. The number of aromatic nitrogens is 4. The molecule has 0 saturated carbocycles. The van der Waals surface area contributed by atoms with Gasteiger partial charge in [0.05, 0.1) is 0 Å². The molecule has 3 rings (SSSR count). The molecule has 0 fully saturated rings. The molecule has 0 amide bonds. The van der Waals surface area contributed by atoms with E-state index in [2.05, 4.69) is 43.4 Å². The average Bonchev–Trinajstić information content (AvgIpc) is 2.85. The lowest BCUT2D eigenvalue weighted by Crippen LogP contribution is -1.90. The molecule has 2 aromatic heterocycles. The van der Waals surface area contributed by atoms with E-state index < -0.39 is 0 Å². The number of H-pyrrole nitrogens is 1. The molecule has 0 radical (unpaired) electrons. The van der Waals surface area contributed by atoms with Crippen LogP contribution in [0.25, 0.3) is 4.96 Å². The Morgan fingerprint density at radius 2 is 2.12 bits per heavy atom. The Balaban J connectivity index is 1.94. The molecule has 0 atom stereocenters. The molecule has 2 heterocycles. The minimum absolute atomic E-state index is 0.540. The fourth-order valence-electron chi connectivity index (χ4n) is 1.52. The van der Waals surface area contributed by atoms with Crippen LogP contribution in [0.4, 0.5) is 0 Å². The van der Waals surface area contributed by atoms with E-state index in [0.717, 1.165) is 20.9 Å². The third kappa shape index (κ3) is 2.18. The summed E-state index contributed by atoms with van der Waals surface area (Å²) >= 11 is 10.0. The van der Waals surface area contributed by atoms with Crippen LogP contribution in [-0.4, -0.2) is 19.8 Å². The molecule has 0 aliphatic heterocycles. The maximum Gasteiger partial charge on any atom is 0.233 e. The van der Waals surface area contributed by atoms with Gasteiger partial charge in [0, 0.05) is 10.9 Å². The summed E-state index contributed by atoms with van der Waals surface area (Å²) in [6.07, 6.45) is 0.802. The maximum absolute atomic E-state index is 5.06. The highest BCUT2D eigenvalue weighted by Gasteiger charge is 2.07. The van der Waals surface area contributed by atoms with Crippen LogP contribution in [-0.2, 0) is 6.42 Å². The van der Waals surface area contributed by atoms with Crippen molar-refractivity contribution >= 4 is 44.4 Å². The Hall–Kier alpha value is -1.05. The van der Waals surface area contributed by atoms with Crippen LogP contribution in [0.1, 0.15) is 10.6 Å². The van der Waals surface area contributed by atoms with Gasteiger partial charge in [0.2, 0.25) is 9.73 Å². The zero-order chi connectivity index (χ0) is 11.8. The van der Waals surface area contributed by atoms with Crippen LogP contribution in [0.2, 0.25) is 0 Å². The fraction of sp³-hybridized carbons (Fsp3) is 0.100. The molecule has 0 aliphatic rings. The first-order chi connectivity index (χ1) is 8.22. The number of benzene rings is 1. The molecular weight excluding hydrogens is 320 g/mol. The second kappa shape index (κ2) is 4.32. The number of rotatable bonds is 2. The standard InChI is InChI=1S/C10H7BrN4S2/c11-7-3-1-6(2-4-7)5-8-14-15-9(16)12-13-10(15)17-8/h1-4H,5H2,(H,12,16). The molecule has 1 aromatic carbocycles. The Kier molecular flexibility index (Phi) is 2.81. The number of nitrogens with one attached hydrogen (secondary N) is 1. The average molecular weight is 327 g/mol. The van der Waals surface area contributed by atoms with Crippen molar-refractivity contribution in [1.29, 1.82) is 0 Å². The SMILES string of the molecule is S=c1[nH]nc2sc(Cc3ccc(Br)cc3)nn12. The first-order valence-corrected chi connectivity index (χ1v) is 6.92. The summed E-state index contributed by atoms with van der Waals surface area (Å²) in [6.45, 7) is 0. The lowest BCUT2D eigenvalue weighted by Gasteiger charge is -1.96. The number of hydrogen-bond donors (Lipinski definition) is 1. The molecule has 1 N–H and O–H groups in total. The van der Waals surface area contributed by atoms with Gasteiger partial charge in [-0.05, 0) is 29.9 Å². The topological polar surface area (TPSA) is 46.0 Å². The minimum atomic E-state index is 0.540. The molecule has 4 nitrogen and oxygen atoms in total. The lowest BCUT2D eigenvalue weighted by molar-refractivity contribution is 0.894. The predicted octanol–water partition coefficient (Wildman–Crippen LogP) is 3.20. The van der Waals surface area contributed by atoms with Gasteiger partial charge in [0.25, 0.3) is 0 Å². The van der Waals surface area contributed by atoms with Gasteiger partial charge in [-0.25, -0.2) is 5.10 Å². The highest BCUT2D eigenvalue weighted by molar-refractivity contribution is 9.10. The van der Waals surface area contributed by atoms with E-state index in [0.29, 0.717) is 4.77 Å². The van der Waals surface area contributed by atoms with Crippen molar-refractivity contribution in [2.75, 3.05) is 0 Å².